The highest BCUT2D eigenvalue weighted by molar-refractivity contribution is 5.77. The number of rotatable bonds is 4. The third-order valence-corrected chi connectivity index (χ3v) is 4.69. The number of carbonyl (C=O) groups is 3. The second kappa shape index (κ2) is 6.63. The summed E-state index contributed by atoms with van der Waals surface area (Å²) in [6, 6.07) is 0. The number of allylic oxidation sites excluding steroid dienone is 1. The molecule has 0 aromatic heterocycles. The lowest BCUT2D eigenvalue weighted by atomic mass is 9.87. The third kappa shape index (κ3) is 3.57. The van der Waals surface area contributed by atoms with Gasteiger partial charge >= 0.3 is 11.9 Å². The Kier molecular flexibility index (Phi) is 5.04. The van der Waals surface area contributed by atoms with E-state index in [1.165, 1.54) is 13.8 Å². The van der Waals surface area contributed by atoms with Gasteiger partial charge in [-0.3, -0.25) is 14.4 Å². The highest BCUT2D eigenvalue weighted by atomic mass is 16.6. The van der Waals surface area contributed by atoms with Crippen LogP contribution in [0, 0.1) is 17.8 Å². The first kappa shape index (κ1) is 16.7. The summed E-state index contributed by atoms with van der Waals surface area (Å²) in [5, 5.41) is 0. The Morgan fingerprint density at radius 2 is 2.05 bits per heavy atom. The van der Waals surface area contributed by atoms with Crippen molar-refractivity contribution in [2.24, 2.45) is 17.8 Å². The molecule has 0 unspecified atom stereocenters. The number of esters is 2. The monoisotopic (exact) mass is 308 g/mol. The molecule has 1 heterocycles. The van der Waals surface area contributed by atoms with Crippen LogP contribution >= 0.6 is 0 Å². The average molecular weight is 308 g/mol. The van der Waals surface area contributed by atoms with Crippen molar-refractivity contribution in [3.8, 4) is 0 Å². The van der Waals surface area contributed by atoms with Gasteiger partial charge in [-0.1, -0.05) is 19.9 Å². The zero-order chi connectivity index (χ0) is 16.4. The van der Waals surface area contributed by atoms with E-state index in [0.29, 0.717) is 12.8 Å². The van der Waals surface area contributed by atoms with E-state index in [2.05, 4.69) is 0 Å². The average Bonchev–Trinajstić information content (AvgIpc) is 2.56. The van der Waals surface area contributed by atoms with Crippen LogP contribution in [0.25, 0.3) is 0 Å². The number of fused-ring (bicyclic) bond motifs is 1. The van der Waals surface area contributed by atoms with Gasteiger partial charge in [0.25, 0.3) is 0 Å². The van der Waals surface area contributed by atoms with Gasteiger partial charge in [0.15, 0.2) is 0 Å². The fourth-order valence-electron chi connectivity index (χ4n) is 3.52. The lowest BCUT2D eigenvalue weighted by molar-refractivity contribution is -0.145. The zero-order valence-electron chi connectivity index (χ0n) is 13.6. The summed E-state index contributed by atoms with van der Waals surface area (Å²) < 4.78 is 10.8. The molecule has 0 amide bonds. The maximum atomic E-state index is 11.7. The normalized spacial score (nSPS) is 32.4. The smallest absolute Gasteiger partial charge is 0.309 e. The lowest BCUT2D eigenvalue weighted by Gasteiger charge is -2.24. The Morgan fingerprint density at radius 1 is 1.36 bits per heavy atom. The third-order valence-electron chi connectivity index (χ3n) is 4.69. The standard InChI is InChI=1S/C17H24O5/c1-9-7-15-14(11(3)17(20)22-15)6-5-13(9)16(8-10(2)18)21-12(4)19/h5,9,11,14-16H,6-8H2,1-4H3/t9-,11-,14-,15-,16+/m0/s1. The first-order chi connectivity index (χ1) is 10.3. The molecular weight excluding hydrogens is 284 g/mol. The summed E-state index contributed by atoms with van der Waals surface area (Å²) in [7, 11) is 0. The van der Waals surface area contributed by atoms with Gasteiger partial charge in [-0.15, -0.1) is 0 Å². The van der Waals surface area contributed by atoms with E-state index in [0.717, 1.165) is 5.57 Å². The molecule has 0 radical (unpaired) electrons. The van der Waals surface area contributed by atoms with Gasteiger partial charge in [0, 0.05) is 19.3 Å². The molecule has 0 saturated carbocycles. The number of hydrogen-bond acceptors (Lipinski definition) is 5. The number of hydrogen-bond donors (Lipinski definition) is 0. The molecular formula is C17H24O5. The maximum absolute atomic E-state index is 11.7. The van der Waals surface area contributed by atoms with Crippen molar-refractivity contribution >= 4 is 17.7 Å². The van der Waals surface area contributed by atoms with E-state index in [4.69, 9.17) is 9.47 Å². The van der Waals surface area contributed by atoms with E-state index in [9.17, 15) is 14.4 Å². The van der Waals surface area contributed by atoms with Gasteiger partial charge in [-0.25, -0.2) is 0 Å². The highest BCUT2D eigenvalue weighted by Gasteiger charge is 2.44. The van der Waals surface area contributed by atoms with Gasteiger partial charge < -0.3 is 9.47 Å². The van der Waals surface area contributed by atoms with Gasteiger partial charge in [-0.2, -0.15) is 0 Å². The largest absolute Gasteiger partial charge is 0.462 e. The molecule has 2 aliphatic rings. The Balaban J connectivity index is 2.21. The van der Waals surface area contributed by atoms with Gasteiger partial charge in [-0.05, 0) is 31.3 Å². The number of Topliss-reactive ketones (excluding diaryl/α,β-unsaturated/α-hetero) is 1. The van der Waals surface area contributed by atoms with E-state index in [1.807, 2.05) is 19.9 Å². The van der Waals surface area contributed by atoms with E-state index < -0.39 is 6.10 Å². The van der Waals surface area contributed by atoms with Crippen LogP contribution in [-0.4, -0.2) is 29.9 Å². The molecule has 5 atom stereocenters. The Hall–Kier alpha value is -1.65. The van der Waals surface area contributed by atoms with Crippen molar-refractivity contribution in [2.75, 3.05) is 0 Å². The minimum Gasteiger partial charge on any atom is -0.462 e. The second-order valence-electron chi connectivity index (χ2n) is 6.51. The number of ketones is 1. The maximum Gasteiger partial charge on any atom is 0.309 e. The van der Waals surface area contributed by atoms with Crippen LogP contribution in [0.5, 0.6) is 0 Å². The molecule has 2 rings (SSSR count). The fraction of sp³-hybridized carbons (Fsp3) is 0.706. The molecule has 5 nitrogen and oxygen atoms in total. The molecule has 0 aromatic carbocycles. The quantitative estimate of drug-likeness (QED) is 0.589. The van der Waals surface area contributed by atoms with E-state index >= 15 is 0 Å². The van der Waals surface area contributed by atoms with Crippen LogP contribution < -0.4 is 0 Å². The molecule has 122 valence electrons. The van der Waals surface area contributed by atoms with Crippen LogP contribution in [-0.2, 0) is 23.9 Å². The predicted molar refractivity (Wildman–Crippen MR) is 79.9 cm³/mol. The summed E-state index contributed by atoms with van der Waals surface area (Å²) in [5.41, 5.74) is 0.975. The molecule has 0 N–H and O–H groups in total. The molecule has 5 heteroatoms. The molecule has 22 heavy (non-hydrogen) atoms. The van der Waals surface area contributed by atoms with Crippen molar-refractivity contribution < 1.29 is 23.9 Å². The minimum absolute atomic E-state index is 0.0106. The topological polar surface area (TPSA) is 69.7 Å². The molecule has 1 saturated heterocycles. The first-order valence-corrected chi connectivity index (χ1v) is 7.86. The minimum atomic E-state index is -0.505. The van der Waals surface area contributed by atoms with Crippen molar-refractivity contribution in [1.29, 1.82) is 0 Å². The van der Waals surface area contributed by atoms with E-state index in [1.54, 1.807) is 0 Å². The Morgan fingerprint density at radius 3 is 2.64 bits per heavy atom. The van der Waals surface area contributed by atoms with Crippen molar-refractivity contribution in [3.05, 3.63) is 11.6 Å². The predicted octanol–water partition coefficient (Wildman–Crippen LogP) is 2.43. The first-order valence-electron chi connectivity index (χ1n) is 7.86. The Labute approximate surface area is 131 Å². The van der Waals surface area contributed by atoms with Crippen LogP contribution in [0.4, 0.5) is 0 Å². The molecule has 1 fully saturated rings. The number of carbonyl (C=O) groups excluding carboxylic acids is 3. The summed E-state index contributed by atoms with van der Waals surface area (Å²) in [6.07, 6.45) is 3.08. The summed E-state index contributed by atoms with van der Waals surface area (Å²) in [6.45, 7) is 6.78. The molecule has 1 aliphatic carbocycles. The van der Waals surface area contributed by atoms with Gasteiger partial charge in [0.2, 0.25) is 0 Å². The second-order valence-corrected chi connectivity index (χ2v) is 6.51. The zero-order valence-corrected chi connectivity index (χ0v) is 13.6. The van der Waals surface area contributed by atoms with Crippen molar-refractivity contribution in [2.45, 2.75) is 59.2 Å². The molecule has 1 aliphatic heterocycles. The van der Waals surface area contributed by atoms with Crippen LogP contribution in [0.1, 0.15) is 47.0 Å². The molecule has 0 bridgehead atoms. The molecule has 0 spiro atoms. The van der Waals surface area contributed by atoms with Crippen molar-refractivity contribution in [1.82, 2.24) is 0 Å². The summed E-state index contributed by atoms with van der Waals surface area (Å²) >= 11 is 0. The summed E-state index contributed by atoms with van der Waals surface area (Å²) in [5.74, 6) is -0.348. The van der Waals surface area contributed by atoms with Gasteiger partial charge in [0.1, 0.15) is 18.0 Å². The highest BCUT2D eigenvalue weighted by Crippen LogP contribution is 2.40. The van der Waals surface area contributed by atoms with Gasteiger partial charge in [0.05, 0.1) is 5.92 Å². The fourth-order valence-corrected chi connectivity index (χ4v) is 3.52. The van der Waals surface area contributed by atoms with Crippen LogP contribution in [0.3, 0.4) is 0 Å². The Bertz CT molecular complexity index is 491. The lowest BCUT2D eigenvalue weighted by Crippen LogP contribution is -2.26. The van der Waals surface area contributed by atoms with Crippen LogP contribution in [0.2, 0.25) is 0 Å². The molecule has 0 aromatic rings. The van der Waals surface area contributed by atoms with E-state index in [-0.39, 0.29) is 48.0 Å². The van der Waals surface area contributed by atoms with Crippen LogP contribution in [0.15, 0.2) is 11.6 Å². The number of ether oxygens (including phenoxy) is 2. The SMILES string of the molecule is CC(=O)C[C@@H](OC(C)=O)C1=CC[C@@H]2[C@H](C[C@@H]1C)OC(=O)[C@H]2C. The summed E-state index contributed by atoms with van der Waals surface area (Å²) in [4.78, 5) is 34.5. The van der Waals surface area contributed by atoms with Crippen molar-refractivity contribution in [3.63, 3.8) is 0 Å².